The van der Waals surface area contributed by atoms with E-state index in [1.165, 1.54) is 12.8 Å². The molecule has 0 unspecified atom stereocenters. The number of benzene rings is 2. The highest BCUT2D eigenvalue weighted by Crippen LogP contribution is 2.46. The van der Waals surface area contributed by atoms with Crippen molar-refractivity contribution in [3.8, 4) is 16.9 Å². The summed E-state index contributed by atoms with van der Waals surface area (Å²) < 4.78 is 12.5. The lowest BCUT2D eigenvalue weighted by atomic mass is 9.86. The third-order valence-electron chi connectivity index (χ3n) is 6.16. The second kappa shape index (κ2) is 10.6. The fourth-order valence-electron chi connectivity index (χ4n) is 4.54. The molecule has 5 nitrogen and oxygen atoms in total. The number of anilines is 1. The SMILES string of the molecule is Cc1ccc(-c2c(C)c3c(c(C)c2[C@H](OC(C)(C)C)C(=O)O)NCCCCCCCO3)cc1. The van der Waals surface area contributed by atoms with Crippen molar-refractivity contribution in [3.05, 3.63) is 46.5 Å². The lowest BCUT2D eigenvalue weighted by molar-refractivity contribution is -0.160. The van der Waals surface area contributed by atoms with Gasteiger partial charge in [0.15, 0.2) is 6.10 Å². The summed E-state index contributed by atoms with van der Waals surface area (Å²) in [6, 6.07) is 8.23. The molecule has 1 aliphatic rings. The average molecular weight is 454 g/mol. The van der Waals surface area contributed by atoms with Gasteiger partial charge < -0.3 is 19.9 Å². The maximum Gasteiger partial charge on any atom is 0.337 e. The fourth-order valence-corrected chi connectivity index (χ4v) is 4.54. The maximum atomic E-state index is 12.5. The third kappa shape index (κ3) is 6.08. The van der Waals surface area contributed by atoms with Crippen LogP contribution in [0.1, 0.15) is 81.2 Å². The maximum absolute atomic E-state index is 12.5. The Morgan fingerprint density at radius 3 is 2.27 bits per heavy atom. The van der Waals surface area contributed by atoms with Crippen LogP contribution >= 0.6 is 0 Å². The van der Waals surface area contributed by atoms with Crippen molar-refractivity contribution in [1.29, 1.82) is 0 Å². The smallest absolute Gasteiger partial charge is 0.337 e. The van der Waals surface area contributed by atoms with Crippen molar-refractivity contribution in [2.45, 2.75) is 85.4 Å². The number of fused-ring (bicyclic) bond motifs is 1. The van der Waals surface area contributed by atoms with Gasteiger partial charge in [0, 0.05) is 17.7 Å². The normalized spacial score (nSPS) is 16.1. The molecule has 0 amide bonds. The Balaban J connectivity index is 2.30. The molecule has 0 spiro atoms. The number of carboxylic acids is 1. The predicted octanol–water partition coefficient (Wildman–Crippen LogP) is 6.97. The van der Waals surface area contributed by atoms with Crippen LogP contribution in [0.3, 0.4) is 0 Å². The second-order valence-corrected chi connectivity index (χ2v) is 10.1. The van der Waals surface area contributed by atoms with E-state index >= 15 is 0 Å². The number of carbonyl (C=O) groups is 1. The van der Waals surface area contributed by atoms with Gasteiger partial charge in [-0.15, -0.1) is 0 Å². The van der Waals surface area contributed by atoms with E-state index in [0.717, 1.165) is 65.1 Å². The van der Waals surface area contributed by atoms with Crippen LogP contribution in [0.2, 0.25) is 0 Å². The Morgan fingerprint density at radius 1 is 1.00 bits per heavy atom. The van der Waals surface area contributed by atoms with Crippen molar-refractivity contribution in [2.24, 2.45) is 0 Å². The molecule has 0 saturated carbocycles. The Labute approximate surface area is 198 Å². The first-order valence-corrected chi connectivity index (χ1v) is 12.1. The van der Waals surface area contributed by atoms with Gasteiger partial charge in [-0.2, -0.15) is 0 Å². The number of aryl methyl sites for hydroxylation is 1. The largest absolute Gasteiger partial charge is 0.491 e. The highest BCUT2D eigenvalue weighted by molar-refractivity contribution is 5.87. The van der Waals surface area contributed by atoms with E-state index in [4.69, 9.17) is 9.47 Å². The van der Waals surface area contributed by atoms with Gasteiger partial charge in [-0.1, -0.05) is 49.1 Å². The quantitative estimate of drug-likeness (QED) is 0.523. The number of hydrogen-bond acceptors (Lipinski definition) is 4. The van der Waals surface area contributed by atoms with E-state index in [9.17, 15) is 9.90 Å². The molecule has 3 rings (SSSR count). The summed E-state index contributed by atoms with van der Waals surface area (Å²) in [6.07, 6.45) is 4.55. The molecule has 0 aliphatic carbocycles. The molecule has 1 atom stereocenters. The zero-order valence-corrected chi connectivity index (χ0v) is 21.0. The second-order valence-electron chi connectivity index (χ2n) is 10.1. The lowest BCUT2D eigenvalue weighted by Crippen LogP contribution is -2.28. The average Bonchev–Trinajstić information content (AvgIpc) is 2.79. The minimum atomic E-state index is -1.09. The molecule has 1 heterocycles. The predicted molar refractivity (Wildman–Crippen MR) is 134 cm³/mol. The standard InChI is InChI=1S/C28H39NO4/c1-18-12-14-21(15-13-18)22-20(3)25-24(29-16-10-8-7-9-11-17-32-25)19(2)23(22)26(27(30)31)33-28(4,5)6/h12-15,26,29H,7-11,16-17H2,1-6H3,(H,30,31)/t26-/m0/s1. The van der Waals surface area contributed by atoms with Gasteiger partial charge >= 0.3 is 5.97 Å². The van der Waals surface area contributed by atoms with E-state index < -0.39 is 17.7 Å². The molecule has 1 aliphatic heterocycles. The lowest BCUT2D eigenvalue weighted by Gasteiger charge is -2.31. The molecule has 2 aromatic rings. The number of hydrogen-bond donors (Lipinski definition) is 2. The van der Waals surface area contributed by atoms with E-state index in [0.29, 0.717) is 12.2 Å². The molecule has 0 radical (unpaired) electrons. The number of rotatable bonds is 4. The van der Waals surface area contributed by atoms with E-state index in [1.807, 2.05) is 34.6 Å². The van der Waals surface area contributed by atoms with Crippen LogP contribution < -0.4 is 10.1 Å². The molecule has 0 bridgehead atoms. The number of carboxylic acid groups (broad SMARTS) is 1. The van der Waals surface area contributed by atoms with Crippen LogP contribution in [0.5, 0.6) is 5.75 Å². The minimum absolute atomic E-state index is 0.616. The van der Waals surface area contributed by atoms with Gasteiger partial charge in [-0.25, -0.2) is 4.79 Å². The van der Waals surface area contributed by atoms with Crippen molar-refractivity contribution < 1.29 is 19.4 Å². The molecule has 33 heavy (non-hydrogen) atoms. The van der Waals surface area contributed by atoms with Crippen LogP contribution in [-0.2, 0) is 9.53 Å². The van der Waals surface area contributed by atoms with Crippen molar-refractivity contribution in [1.82, 2.24) is 0 Å². The Kier molecular flexibility index (Phi) is 8.06. The van der Waals surface area contributed by atoms with Gasteiger partial charge in [-0.05, 0) is 71.1 Å². The molecule has 2 aromatic carbocycles. The van der Waals surface area contributed by atoms with Crippen molar-refractivity contribution in [2.75, 3.05) is 18.5 Å². The van der Waals surface area contributed by atoms with Crippen LogP contribution in [-0.4, -0.2) is 29.8 Å². The molecule has 2 N–H and O–H groups in total. The summed E-state index contributed by atoms with van der Waals surface area (Å²) in [5.74, 6) is -0.160. The zero-order valence-electron chi connectivity index (χ0n) is 21.0. The first-order valence-electron chi connectivity index (χ1n) is 12.1. The first-order chi connectivity index (χ1) is 15.6. The van der Waals surface area contributed by atoms with Crippen molar-refractivity contribution in [3.63, 3.8) is 0 Å². The van der Waals surface area contributed by atoms with Crippen LogP contribution in [0.4, 0.5) is 5.69 Å². The number of ether oxygens (including phenoxy) is 2. The molecular weight excluding hydrogens is 414 g/mol. The van der Waals surface area contributed by atoms with Gasteiger partial charge in [0.2, 0.25) is 0 Å². The van der Waals surface area contributed by atoms with Crippen LogP contribution in [0.15, 0.2) is 24.3 Å². The summed E-state index contributed by atoms with van der Waals surface area (Å²) in [5, 5.41) is 13.8. The Morgan fingerprint density at radius 2 is 1.64 bits per heavy atom. The fraction of sp³-hybridized carbons (Fsp3) is 0.536. The van der Waals surface area contributed by atoms with Crippen LogP contribution in [0, 0.1) is 20.8 Å². The van der Waals surface area contributed by atoms with Gasteiger partial charge in [-0.3, -0.25) is 0 Å². The highest BCUT2D eigenvalue weighted by Gasteiger charge is 2.34. The third-order valence-corrected chi connectivity index (χ3v) is 6.16. The van der Waals surface area contributed by atoms with Crippen LogP contribution in [0.25, 0.3) is 11.1 Å². The Bertz CT molecular complexity index is 973. The summed E-state index contributed by atoms with van der Waals surface area (Å²) >= 11 is 0. The Hall–Kier alpha value is -2.53. The molecule has 0 saturated heterocycles. The molecular formula is C28H39NO4. The summed E-state index contributed by atoms with van der Waals surface area (Å²) in [7, 11) is 0. The minimum Gasteiger partial charge on any atom is -0.491 e. The summed E-state index contributed by atoms with van der Waals surface area (Å²) in [5.41, 5.74) is 5.82. The van der Waals surface area contributed by atoms with Crippen molar-refractivity contribution >= 4 is 11.7 Å². The van der Waals surface area contributed by atoms with E-state index in [1.54, 1.807) is 0 Å². The zero-order chi connectivity index (χ0) is 24.2. The van der Waals surface area contributed by atoms with E-state index in [2.05, 4.69) is 36.5 Å². The molecule has 0 fully saturated rings. The van der Waals surface area contributed by atoms with E-state index in [-0.39, 0.29) is 0 Å². The summed E-state index contributed by atoms with van der Waals surface area (Å²) in [6.45, 7) is 13.2. The van der Waals surface area contributed by atoms with Gasteiger partial charge in [0.25, 0.3) is 0 Å². The molecule has 180 valence electrons. The number of nitrogens with one attached hydrogen (secondary N) is 1. The number of aliphatic carboxylic acids is 1. The molecule has 5 heteroatoms. The molecule has 0 aromatic heterocycles. The summed E-state index contributed by atoms with van der Waals surface area (Å²) in [4.78, 5) is 12.5. The topological polar surface area (TPSA) is 67.8 Å². The highest BCUT2D eigenvalue weighted by atomic mass is 16.5. The van der Waals surface area contributed by atoms with Gasteiger partial charge in [0.05, 0.1) is 17.9 Å². The van der Waals surface area contributed by atoms with Gasteiger partial charge in [0.1, 0.15) is 5.75 Å². The monoisotopic (exact) mass is 453 g/mol. The first kappa shape index (κ1) is 25.1.